The highest BCUT2D eigenvalue weighted by Crippen LogP contribution is 2.54. The van der Waals surface area contributed by atoms with Crippen molar-refractivity contribution in [3.8, 4) is 68.5 Å². The van der Waals surface area contributed by atoms with Crippen LogP contribution in [0, 0.1) is 0 Å². The van der Waals surface area contributed by atoms with Crippen molar-refractivity contribution < 1.29 is 18.9 Å². The highest BCUT2D eigenvalue weighted by atomic mass is 16.5. The molecule has 8 heterocycles. The average molecular weight is 871 g/mol. The van der Waals surface area contributed by atoms with Crippen molar-refractivity contribution in [3.63, 3.8) is 0 Å². The van der Waals surface area contributed by atoms with Crippen molar-refractivity contribution in [1.29, 1.82) is 0 Å². The number of para-hydroxylation sites is 6. The van der Waals surface area contributed by atoms with Gasteiger partial charge in [0, 0.05) is 57.0 Å². The molecule has 10 heteroatoms. The van der Waals surface area contributed by atoms with E-state index < -0.39 is 0 Å². The van der Waals surface area contributed by atoms with Crippen molar-refractivity contribution in [2.45, 2.75) is 0 Å². The third kappa shape index (κ3) is 4.70. The second-order valence-electron chi connectivity index (χ2n) is 17.9. The maximum Gasteiger partial charge on any atom is 0.260 e. The summed E-state index contributed by atoms with van der Waals surface area (Å²) in [6, 6.07) is 61.3. The summed E-state index contributed by atoms with van der Waals surface area (Å²) in [6.07, 6.45) is 5.70. The minimum absolute atomic E-state index is 0.195. The van der Waals surface area contributed by atoms with Crippen LogP contribution in [0.15, 0.2) is 195 Å². The number of rotatable bonds is 3. The second-order valence-corrected chi connectivity index (χ2v) is 17.9. The molecule has 0 bridgehead atoms. The van der Waals surface area contributed by atoms with Crippen LogP contribution in [-0.4, -0.2) is 32.5 Å². The Morgan fingerprint density at radius 2 is 0.809 bits per heavy atom. The molecule has 4 aromatic heterocycles. The van der Waals surface area contributed by atoms with Crippen LogP contribution in [0.1, 0.15) is 0 Å². The van der Waals surface area contributed by atoms with Crippen molar-refractivity contribution in [2.24, 2.45) is 0 Å². The fourth-order valence-electron chi connectivity index (χ4n) is 11.8. The van der Waals surface area contributed by atoms with E-state index >= 15 is 0 Å². The molecule has 0 aliphatic carbocycles. The first-order valence-corrected chi connectivity index (χ1v) is 22.9. The first-order chi connectivity index (χ1) is 33.8. The van der Waals surface area contributed by atoms with E-state index in [0.29, 0.717) is 11.5 Å². The molecule has 314 valence electrons. The Labute approximate surface area is 389 Å². The van der Waals surface area contributed by atoms with E-state index in [1.54, 1.807) is 0 Å². The quantitative estimate of drug-likeness (QED) is 0.165. The van der Waals surface area contributed by atoms with Gasteiger partial charge in [0.1, 0.15) is 51.6 Å². The van der Waals surface area contributed by atoms with Gasteiger partial charge < -0.3 is 23.5 Å². The SMILES string of the molecule is c1ccc2c(c1)Oc1cc(-n3c4ccccc4c4ccncc43)c(-c3c(-n4c5ccccc5c5cccnc54)cc4c5c3Oc3ccccc3B5c3ccccc3O4)c3c1B2c1ccccc1O3. The molecule has 0 saturated heterocycles. The molecule has 0 atom stereocenters. The normalized spacial score (nSPS) is 13.4. The standard InChI is InChI=1S/C58H32B2N4O4/c1-7-21-41-33(14-1)35-27-29-61-32-45(35)63(41)43-30-50-54-56(67-48-25-11-5-19-39(48)59(54)37-17-3-9-23-46(37)65-50)52(43)53-44(64-42-22-8-2-15-34(42)36-16-13-28-62-58(36)64)31-51-55-57(53)68-49-26-12-6-20-40(49)60(55)38-18-4-10-24-47(38)66-51/h1-32H. The van der Waals surface area contributed by atoms with Crippen molar-refractivity contribution in [2.75, 3.05) is 0 Å². The number of nitrogens with zero attached hydrogens (tertiary/aromatic N) is 4. The number of pyridine rings is 2. The Morgan fingerprint density at radius 1 is 0.368 bits per heavy atom. The van der Waals surface area contributed by atoms with Gasteiger partial charge in [-0.25, -0.2) is 4.98 Å². The van der Waals surface area contributed by atoms with Crippen LogP contribution in [0.2, 0.25) is 0 Å². The lowest BCUT2D eigenvalue weighted by Gasteiger charge is -2.37. The zero-order valence-electron chi connectivity index (χ0n) is 36.1. The van der Waals surface area contributed by atoms with Crippen LogP contribution in [0.3, 0.4) is 0 Å². The first kappa shape index (κ1) is 36.2. The molecule has 0 N–H and O–H groups in total. The van der Waals surface area contributed by atoms with Crippen LogP contribution < -0.4 is 51.7 Å². The van der Waals surface area contributed by atoms with E-state index in [4.69, 9.17) is 28.9 Å². The molecule has 0 radical (unpaired) electrons. The van der Waals surface area contributed by atoms with Gasteiger partial charge in [0.2, 0.25) is 0 Å². The van der Waals surface area contributed by atoms with Crippen molar-refractivity contribution >= 4 is 89.9 Å². The fraction of sp³-hybridized carbons (Fsp3) is 0. The third-order valence-corrected chi connectivity index (χ3v) is 14.5. The maximum absolute atomic E-state index is 7.53. The van der Waals surface area contributed by atoms with E-state index in [1.807, 2.05) is 36.8 Å². The fourth-order valence-corrected chi connectivity index (χ4v) is 11.8. The average Bonchev–Trinajstić information content (AvgIpc) is 3.91. The molecule has 4 aliphatic rings. The van der Waals surface area contributed by atoms with Crippen LogP contribution in [0.4, 0.5) is 0 Å². The Kier molecular flexibility index (Phi) is 7.09. The summed E-state index contributed by atoms with van der Waals surface area (Å²) >= 11 is 0. The molecule has 0 fully saturated rings. The highest BCUT2D eigenvalue weighted by molar-refractivity contribution is 6.99. The minimum atomic E-state index is -0.196. The highest BCUT2D eigenvalue weighted by Gasteiger charge is 2.47. The van der Waals surface area contributed by atoms with Crippen LogP contribution >= 0.6 is 0 Å². The van der Waals surface area contributed by atoms with Gasteiger partial charge >= 0.3 is 0 Å². The molecular formula is C58H32B2N4O4. The van der Waals surface area contributed by atoms with Gasteiger partial charge in [-0.2, -0.15) is 0 Å². The number of ether oxygens (including phenoxy) is 4. The van der Waals surface area contributed by atoms with Crippen molar-refractivity contribution in [1.82, 2.24) is 19.1 Å². The Balaban J connectivity index is 1.14. The molecule has 68 heavy (non-hydrogen) atoms. The lowest BCUT2D eigenvalue weighted by atomic mass is 9.34. The molecule has 0 unspecified atom stereocenters. The van der Waals surface area contributed by atoms with E-state index in [1.165, 1.54) is 0 Å². The summed E-state index contributed by atoms with van der Waals surface area (Å²) in [6.45, 7) is -0.391. The predicted octanol–water partition coefficient (Wildman–Crippen LogP) is 9.79. The maximum atomic E-state index is 7.53. The molecule has 8 aromatic carbocycles. The number of hydrogen-bond acceptors (Lipinski definition) is 6. The molecule has 4 aliphatic heterocycles. The monoisotopic (exact) mass is 870 g/mol. The number of fused-ring (bicyclic) bond motifs is 14. The van der Waals surface area contributed by atoms with Gasteiger partial charge in [0.15, 0.2) is 0 Å². The molecule has 12 aromatic rings. The summed E-state index contributed by atoms with van der Waals surface area (Å²) in [5.41, 5.74) is 13.3. The van der Waals surface area contributed by atoms with Gasteiger partial charge in [-0.05, 0) is 76.4 Å². The zero-order valence-corrected chi connectivity index (χ0v) is 36.1. The molecule has 0 amide bonds. The summed E-state index contributed by atoms with van der Waals surface area (Å²) in [5.74, 6) is 6.00. The van der Waals surface area contributed by atoms with Gasteiger partial charge in [0.25, 0.3) is 13.4 Å². The number of aromatic nitrogens is 4. The molecule has 16 rings (SSSR count). The summed E-state index contributed by atoms with van der Waals surface area (Å²) < 4.78 is 33.9. The van der Waals surface area contributed by atoms with E-state index in [-0.39, 0.29) is 13.4 Å². The van der Waals surface area contributed by atoms with Crippen LogP contribution in [0.5, 0.6) is 46.0 Å². The topological polar surface area (TPSA) is 72.6 Å². The number of benzene rings is 8. The second kappa shape index (κ2) is 13.3. The Morgan fingerprint density at radius 3 is 1.38 bits per heavy atom. The largest absolute Gasteiger partial charge is 0.458 e. The van der Waals surface area contributed by atoms with Gasteiger partial charge in [0.05, 0.1) is 45.2 Å². The van der Waals surface area contributed by atoms with E-state index in [0.717, 1.165) is 134 Å². The van der Waals surface area contributed by atoms with Crippen LogP contribution in [-0.2, 0) is 0 Å². The van der Waals surface area contributed by atoms with Gasteiger partial charge in [-0.3, -0.25) is 9.55 Å². The van der Waals surface area contributed by atoms with Crippen LogP contribution in [0.25, 0.3) is 66.2 Å². The molecule has 8 nitrogen and oxygen atoms in total. The first-order valence-electron chi connectivity index (χ1n) is 22.9. The molecule has 0 spiro atoms. The smallest absolute Gasteiger partial charge is 0.260 e. The van der Waals surface area contributed by atoms with E-state index in [2.05, 4.69) is 167 Å². The van der Waals surface area contributed by atoms with Crippen molar-refractivity contribution in [3.05, 3.63) is 195 Å². The minimum Gasteiger partial charge on any atom is -0.458 e. The lowest BCUT2D eigenvalue weighted by molar-refractivity contribution is 0.460. The summed E-state index contributed by atoms with van der Waals surface area (Å²) in [7, 11) is 0. The molecular weight excluding hydrogens is 838 g/mol. The van der Waals surface area contributed by atoms with Gasteiger partial charge in [-0.15, -0.1) is 0 Å². The number of hydrogen-bond donors (Lipinski definition) is 0. The molecule has 0 saturated carbocycles. The third-order valence-electron chi connectivity index (χ3n) is 14.5. The summed E-state index contributed by atoms with van der Waals surface area (Å²) in [5, 5.41) is 4.30. The predicted molar refractivity (Wildman–Crippen MR) is 272 cm³/mol. The zero-order chi connectivity index (χ0) is 44.2. The Hall–Kier alpha value is -9.01. The Bertz CT molecular complexity index is 3820. The summed E-state index contributed by atoms with van der Waals surface area (Å²) in [4.78, 5) is 9.92. The van der Waals surface area contributed by atoms with E-state index in [9.17, 15) is 0 Å². The van der Waals surface area contributed by atoms with Gasteiger partial charge in [-0.1, -0.05) is 109 Å². The lowest BCUT2D eigenvalue weighted by Crippen LogP contribution is -2.58.